The lowest BCUT2D eigenvalue weighted by Gasteiger charge is -2.29. The molecular formula is C10H19NO2. The maximum Gasteiger partial charge on any atom is 0.0811 e. The molecule has 1 rings (SSSR count). The molecule has 0 bridgehead atoms. The molecule has 0 unspecified atom stereocenters. The summed E-state index contributed by atoms with van der Waals surface area (Å²) in [5, 5.41) is 10.2. The van der Waals surface area contributed by atoms with Gasteiger partial charge in [0, 0.05) is 18.3 Å². The summed E-state index contributed by atoms with van der Waals surface area (Å²) >= 11 is 0. The van der Waals surface area contributed by atoms with Crippen LogP contribution in [0.15, 0.2) is 0 Å². The van der Waals surface area contributed by atoms with Crippen molar-refractivity contribution >= 4 is 5.97 Å². The fraction of sp³-hybridized carbons (Fsp3) is 0.900. The lowest BCUT2D eigenvalue weighted by molar-refractivity contribution is -0.892. The van der Waals surface area contributed by atoms with E-state index in [-0.39, 0.29) is 6.42 Å². The molecule has 3 nitrogen and oxygen atoms in total. The molecule has 0 aromatic carbocycles. The molecule has 0 saturated heterocycles. The zero-order valence-electron chi connectivity index (χ0n) is 8.58. The second-order valence-corrected chi connectivity index (χ2v) is 4.76. The van der Waals surface area contributed by atoms with Crippen LogP contribution in [-0.2, 0) is 4.79 Å². The second-order valence-electron chi connectivity index (χ2n) is 4.76. The van der Waals surface area contributed by atoms with Crippen LogP contribution in [0.4, 0.5) is 0 Å². The van der Waals surface area contributed by atoms with Crippen LogP contribution in [-0.4, -0.2) is 37.6 Å². The van der Waals surface area contributed by atoms with E-state index in [0.29, 0.717) is 0 Å². The topological polar surface area (TPSA) is 40.1 Å². The van der Waals surface area contributed by atoms with Crippen molar-refractivity contribution in [2.45, 2.75) is 25.7 Å². The van der Waals surface area contributed by atoms with E-state index in [1.54, 1.807) is 0 Å². The lowest BCUT2D eigenvalue weighted by atomic mass is 10.2. The highest BCUT2D eigenvalue weighted by Gasteiger charge is 2.29. The summed E-state index contributed by atoms with van der Waals surface area (Å²) in [6, 6.07) is 0. The molecule has 1 fully saturated rings. The predicted molar refractivity (Wildman–Crippen MR) is 48.8 cm³/mol. The quantitative estimate of drug-likeness (QED) is 0.547. The average molecular weight is 185 g/mol. The molecule has 1 saturated carbocycles. The number of carbonyl (C=O) groups excluding carboxylic acids is 1. The van der Waals surface area contributed by atoms with Crippen LogP contribution in [0.5, 0.6) is 0 Å². The highest BCUT2D eigenvalue weighted by atomic mass is 16.4. The summed E-state index contributed by atoms with van der Waals surface area (Å²) in [5.74, 6) is -0.0237. The van der Waals surface area contributed by atoms with Crippen LogP contribution in [0.1, 0.15) is 25.7 Å². The number of aliphatic carboxylic acids is 1. The van der Waals surface area contributed by atoms with Crippen molar-refractivity contribution in [2.24, 2.45) is 5.92 Å². The molecule has 0 spiro atoms. The van der Waals surface area contributed by atoms with Crippen LogP contribution in [0.25, 0.3) is 0 Å². The van der Waals surface area contributed by atoms with Crippen molar-refractivity contribution < 1.29 is 14.4 Å². The second kappa shape index (κ2) is 4.09. The minimum atomic E-state index is -0.925. The molecule has 76 valence electrons. The smallest absolute Gasteiger partial charge is 0.0811 e. The molecular weight excluding hydrogens is 166 g/mol. The van der Waals surface area contributed by atoms with Gasteiger partial charge >= 0.3 is 0 Å². The summed E-state index contributed by atoms with van der Waals surface area (Å²) in [6.07, 6.45) is 3.67. The van der Waals surface area contributed by atoms with Gasteiger partial charge in [0.15, 0.2) is 0 Å². The largest absolute Gasteiger partial charge is 0.550 e. The Balaban J connectivity index is 2.12. The van der Waals surface area contributed by atoms with Gasteiger partial charge in [0.05, 0.1) is 27.2 Å². The molecule has 13 heavy (non-hydrogen) atoms. The van der Waals surface area contributed by atoms with Gasteiger partial charge in [-0.15, -0.1) is 0 Å². The molecule has 0 aromatic heterocycles. The summed E-state index contributed by atoms with van der Waals surface area (Å²) in [7, 11) is 4.35. The fourth-order valence-electron chi connectivity index (χ4n) is 1.74. The standard InChI is InChI=1S/C10H19NO2/c1-11(2,8-9-5-6-9)7-3-4-10(12)13/h9H,3-8H2,1-2H3. The van der Waals surface area contributed by atoms with Crippen LogP contribution in [0.3, 0.4) is 0 Å². The Bertz CT molecular complexity index is 185. The first-order valence-electron chi connectivity index (χ1n) is 5.01. The molecule has 1 aliphatic carbocycles. The monoisotopic (exact) mass is 185 g/mol. The van der Waals surface area contributed by atoms with E-state index in [4.69, 9.17) is 0 Å². The third-order valence-corrected chi connectivity index (χ3v) is 2.59. The van der Waals surface area contributed by atoms with Crippen molar-refractivity contribution in [3.05, 3.63) is 0 Å². The third kappa shape index (κ3) is 4.88. The first-order chi connectivity index (χ1) is 5.99. The van der Waals surface area contributed by atoms with Gasteiger partial charge in [-0.1, -0.05) is 0 Å². The molecule has 0 radical (unpaired) electrons. The molecule has 0 aliphatic heterocycles. The highest BCUT2D eigenvalue weighted by molar-refractivity contribution is 5.64. The van der Waals surface area contributed by atoms with Crippen LogP contribution in [0, 0.1) is 5.92 Å². The summed E-state index contributed by atoms with van der Waals surface area (Å²) in [5.41, 5.74) is 0. The van der Waals surface area contributed by atoms with Gasteiger partial charge in [-0.2, -0.15) is 0 Å². The molecule has 0 atom stereocenters. The van der Waals surface area contributed by atoms with E-state index in [2.05, 4.69) is 14.1 Å². The molecule has 1 aliphatic rings. The van der Waals surface area contributed by atoms with Crippen LogP contribution >= 0.6 is 0 Å². The molecule has 0 aromatic rings. The molecule has 0 N–H and O–H groups in total. The van der Waals surface area contributed by atoms with Gasteiger partial charge < -0.3 is 14.4 Å². The number of carboxylic acids is 1. The average Bonchev–Trinajstić information content (AvgIpc) is 2.68. The summed E-state index contributed by atoms with van der Waals surface area (Å²) in [4.78, 5) is 10.2. The molecule has 0 amide bonds. The Hall–Kier alpha value is -0.570. The molecule has 3 heteroatoms. The van der Waals surface area contributed by atoms with Crippen molar-refractivity contribution in [3.63, 3.8) is 0 Å². The van der Waals surface area contributed by atoms with Gasteiger partial charge in [0.25, 0.3) is 0 Å². The van der Waals surface area contributed by atoms with E-state index >= 15 is 0 Å². The van der Waals surface area contributed by atoms with Crippen molar-refractivity contribution in [2.75, 3.05) is 27.2 Å². The van der Waals surface area contributed by atoms with Crippen molar-refractivity contribution in [3.8, 4) is 0 Å². The normalized spacial score (nSPS) is 17.4. The zero-order chi connectivity index (χ0) is 9.90. The van der Waals surface area contributed by atoms with Gasteiger partial charge in [-0.25, -0.2) is 0 Å². The van der Waals surface area contributed by atoms with E-state index in [9.17, 15) is 9.90 Å². The lowest BCUT2D eigenvalue weighted by Crippen LogP contribution is -2.42. The van der Waals surface area contributed by atoms with Crippen molar-refractivity contribution in [1.29, 1.82) is 0 Å². The Labute approximate surface area is 79.9 Å². The predicted octanol–water partition coefficient (Wildman–Crippen LogP) is 0.00290. The number of quaternary nitrogens is 1. The zero-order valence-corrected chi connectivity index (χ0v) is 8.58. The number of hydrogen-bond donors (Lipinski definition) is 0. The van der Waals surface area contributed by atoms with Crippen molar-refractivity contribution in [1.82, 2.24) is 0 Å². The minimum Gasteiger partial charge on any atom is -0.550 e. The van der Waals surface area contributed by atoms with E-state index in [0.717, 1.165) is 23.4 Å². The first-order valence-corrected chi connectivity index (χ1v) is 5.01. The van der Waals surface area contributed by atoms with Crippen LogP contribution in [0.2, 0.25) is 0 Å². The number of hydrogen-bond acceptors (Lipinski definition) is 2. The number of carbonyl (C=O) groups is 1. The van der Waals surface area contributed by atoms with Crippen LogP contribution < -0.4 is 5.11 Å². The van der Waals surface area contributed by atoms with E-state index in [1.165, 1.54) is 19.4 Å². The summed E-state index contributed by atoms with van der Waals surface area (Å²) in [6.45, 7) is 2.15. The number of nitrogens with zero attached hydrogens (tertiary/aromatic N) is 1. The Kier molecular flexibility index (Phi) is 3.31. The van der Waals surface area contributed by atoms with Gasteiger partial charge in [-0.05, 0) is 19.3 Å². The number of carboxylic acid groups (broad SMARTS) is 1. The first kappa shape index (κ1) is 10.5. The third-order valence-electron chi connectivity index (χ3n) is 2.59. The van der Waals surface area contributed by atoms with Gasteiger partial charge in [0.2, 0.25) is 0 Å². The van der Waals surface area contributed by atoms with E-state index < -0.39 is 5.97 Å². The van der Waals surface area contributed by atoms with Gasteiger partial charge in [-0.3, -0.25) is 0 Å². The Morgan fingerprint density at radius 1 is 1.46 bits per heavy atom. The fourth-order valence-corrected chi connectivity index (χ4v) is 1.74. The Morgan fingerprint density at radius 2 is 2.08 bits per heavy atom. The summed E-state index contributed by atoms with van der Waals surface area (Å²) < 4.78 is 0.956. The van der Waals surface area contributed by atoms with Gasteiger partial charge in [0.1, 0.15) is 0 Å². The number of rotatable bonds is 6. The molecule has 0 heterocycles. The highest BCUT2D eigenvalue weighted by Crippen LogP contribution is 2.31. The minimum absolute atomic E-state index is 0.201. The maximum atomic E-state index is 10.2. The SMILES string of the molecule is C[N+](C)(CCCC(=O)[O-])CC1CC1. The Morgan fingerprint density at radius 3 is 2.54 bits per heavy atom. The van der Waals surface area contributed by atoms with E-state index in [1.807, 2.05) is 0 Å². The maximum absolute atomic E-state index is 10.2.